The van der Waals surface area contributed by atoms with Crippen LogP contribution in [-0.2, 0) is 19.1 Å². The third kappa shape index (κ3) is 5.24. The number of hydrogen-bond acceptors (Lipinski definition) is 6. The first-order valence-corrected chi connectivity index (χ1v) is 6.81. The number of oxime groups is 1. The van der Waals surface area contributed by atoms with E-state index in [0.29, 0.717) is 18.6 Å². The Bertz CT molecular complexity index is 483. The Hall–Kier alpha value is -2.29. The molecular weight excluding hydrogens is 286 g/mol. The van der Waals surface area contributed by atoms with Crippen LogP contribution < -0.4 is 0 Å². The molecule has 6 heteroatoms. The van der Waals surface area contributed by atoms with Crippen molar-refractivity contribution < 1.29 is 24.3 Å². The van der Waals surface area contributed by atoms with E-state index < -0.39 is 17.4 Å². The van der Waals surface area contributed by atoms with Crippen molar-refractivity contribution in [1.82, 2.24) is 0 Å². The predicted octanol–water partition coefficient (Wildman–Crippen LogP) is 2.31. The fourth-order valence-electron chi connectivity index (χ4n) is 1.91. The summed E-state index contributed by atoms with van der Waals surface area (Å²) < 4.78 is 9.44. The number of carbonyl (C=O) groups is 2. The number of carbonyl (C=O) groups excluding carboxylic acids is 2. The first-order valence-electron chi connectivity index (χ1n) is 6.81. The maximum Gasteiger partial charge on any atom is 0.324 e. The van der Waals surface area contributed by atoms with Crippen LogP contribution in [0.15, 0.2) is 16.8 Å². The van der Waals surface area contributed by atoms with Gasteiger partial charge in [-0.2, -0.15) is 0 Å². The Labute approximate surface area is 131 Å². The Morgan fingerprint density at radius 2 is 1.77 bits per heavy atom. The van der Waals surface area contributed by atoms with Crippen molar-refractivity contribution in [2.45, 2.75) is 39.5 Å². The lowest BCUT2D eigenvalue weighted by Crippen LogP contribution is -2.40. The van der Waals surface area contributed by atoms with Crippen LogP contribution in [-0.4, -0.2) is 37.1 Å². The van der Waals surface area contributed by atoms with Crippen molar-refractivity contribution in [3.63, 3.8) is 0 Å². The molecule has 0 aromatic heterocycles. The zero-order valence-corrected chi connectivity index (χ0v) is 13.5. The Morgan fingerprint density at radius 1 is 1.23 bits per heavy atom. The zero-order valence-electron chi connectivity index (χ0n) is 13.5. The van der Waals surface area contributed by atoms with Crippen LogP contribution in [0, 0.1) is 17.8 Å². The summed E-state index contributed by atoms with van der Waals surface area (Å²) in [6, 6.07) is 0. The van der Waals surface area contributed by atoms with Gasteiger partial charge < -0.3 is 14.7 Å². The highest BCUT2D eigenvalue weighted by molar-refractivity contribution is 6.00. The fourth-order valence-corrected chi connectivity index (χ4v) is 1.91. The monoisotopic (exact) mass is 309 g/mol. The molecule has 22 heavy (non-hydrogen) atoms. The Kier molecular flexibility index (Phi) is 8.61. The Balaban J connectivity index is 5.25. The smallest absolute Gasteiger partial charge is 0.324 e. The molecule has 6 nitrogen and oxygen atoms in total. The number of methoxy groups -OCH3 is 2. The van der Waals surface area contributed by atoms with Gasteiger partial charge >= 0.3 is 11.9 Å². The van der Waals surface area contributed by atoms with E-state index in [1.165, 1.54) is 14.2 Å². The van der Waals surface area contributed by atoms with Gasteiger partial charge in [0.1, 0.15) is 0 Å². The minimum absolute atomic E-state index is 0.0949. The number of allylic oxidation sites excluding steroid dienone is 2. The third-order valence-electron chi connectivity index (χ3n) is 3.41. The molecule has 122 valence electrons. The summed E-state index contributed by atoms with van der Waals surface area (Å²) in [6.07, 6.45) is 8.27. The Morgan fingerprint density at radius 3 is 2.18 bits per heavy atom. The number of esters is 2. The molecule has 0 atom stereocenters. The maximum atomic E-state index is 12.0. The van der Waals surface area contributed by atoms with Crippen LogP contribution in [0.4, 0.5) is 0 Å². The first kappa shape index (κ1) is 19.7. The predicted molar refractivity (Wildman–Crippen MR) is 82.4 cm³/mol. The molecule has 0 radical (unpaired) electrons. The van der Waals surface area contributed by atoms with Gasteiger partial charge in [0.15, 0.2) is 5.41 Å². The van der Waals surface area contributed by atoms with Crippen molar-refractivity contribution in [1.29, 1.82) is 0 Å². The van der Waals surface area contributed by atoms with Crippen molar-refractivity contribution in [3.05, 3.63) is 11.6 Å². The molecule has 0 saturated heterocycles. The zero-order chi connectivity index (χ0) is 17.2. The summed E-state index contributed by atoms with van der Waals surface area (Å²) in [7, 11) is 2.41. The number of ether oxygens (including phenoxy) is 2. The fraction of sp³-hybridized carbons (Fsp3) is 0.562. The van der Waals surface area contributed by atoms with E-state index >= 15 is 0 Å². The average molecular weight is 309 g/mol. The molecule has 0 aliphatic rings. The average Bonchev–Trinajstić information content (AvgIpc) is 2.54. The molecule has 0 aromatic carbocycles. The van der Waals surface area contributed by atoms with Gasteiger partial charge in [-0.05, 0) is 33.1 Å². The van der Waals surface area contributed by atoms with Crippen molar-refractivity contribution in [2.75, 3.05) is 14.2 Å². The largest absolute Gasteiger partial charge is 0.468 e. The van der Waals surface area contributed by atoms with E-state index in [4.69, 9.17) is 21.1 Å². The summed E-state index contributed by atoms with van der Waals surface area (Å²) in [5.74, 6) is 0.912. The normalized spacial score (nSPS) is 12.5. The second-order valence-electron chi connectivity index (χ2n) is 5.04. The summed E-state index contributed by atoms with van der Waals surface area (Å²) in [4.78, 5) is 24.1. The summed E-state index contributed by atoms with van der Waals surface area (Å²) in [6.45, 7) is 3.57. The molecule has 0 unspecified atom stereocenters. The molecule has 0 aromatic rings. The summed E-state index contributed by atoms with van der Waals surface area (Å²) in [5.41, 5.74) is 0.0142. The molecule has 0 rings (SSSR count). The lowest BCUT2D eigenvalue weighted by Gasteiger charge is -2.25. The van der Waals surface area contributed by atoms with Crippen LogP contribution >= 0.6 is 0 Å². The second kappa shape index (κ2) is 9.61. The highest BCUT2D eigenvalue weighted by Gasteiger charge is 2.47. The second-order valence-corrected chi connectivity index (χ2v) is 5.04. The molecule has 0 heterocycles. The van der Waals surface area contributed by atoms with E-state index in [2.05, 4.69) is 11.1 Å². The van der Waals surface area contributed by atoms with Gasteiger partial charge in [-0.3, -0.25) is 9.59 Å². The molecule has 0 bridgehead atoms. The molecule has 0 saturated carbocycles. The molecule has 1 N–H and O–H groups in total. The van der Waals surface area contributed by atoms with Gasteiger partial charge in [0, 0.05) is 6.42 Å². The summed E-state index contributed by atoms with van der Waals surface area (Å²) >= 11 is 0. The third-order valence-corrected chi connectivity index (χ3v) is 3.41. The molecule has 0 aliphatic heterocycles. The maximum absolute atomic E-state index is 12.0. The number of rotatable bonds is 8. The molecule has 0 amide bonds. The van der Waals surface area contributed by atoms with E-state index in [0.717, 1.165) is 5.57 Å². The van der Waals surface area contributed by atoms with E-state index in [1.54, 1.807) is 13.0 Å². The number of terminal acetylenes is 1. The van der Waals surface area contributed by atoms with E-state index in [1.807, 2.05) is 6.92 Å². The highest BCUT2D eigenvalue weighted by atomic mass is 16.5. The van der Waals surface area contributed by atoms with Gasteiger partial charge in [0.25, 0.3) is 0 Å². The van der Waals surface area contributed by atoms with Crippen LogP contribution in [0.25, 0.3) is 0 Å². The van der Waals surface area contributed by atoms with Crippen LogP contribution in [0.3, 0.4) is 0 Å². The van der Waals surface area contributed by atoms with Crippen LogP contribution in [0.2, 0.25) is 0 Å². The molecule has 0 aliphatic carbocycles. The number of nitrogens with zero attached hydrogens (tertiary/aromatic N) is 1. The van der Waals surface area contributed by atoms with Gasteiger partial charge in [0.2, 0.25) is 0 Å². The molecule has 0 spiro atoms. The van der Waals surface area contributed by atoms with E-state index in [-0.39, 0.29) is 12.8 Å². The molecular formula is C16H23NO5. The van der Waals surface area contributed by atoms with Crippen molar-refractivity contribution in [3.8, 4) is 12.3 Å². The van der Waals surface area contributed by atoms with Gasteiger partial charge in [-0.15, -0.1) is 12.3 Å². The SMILES string of the molecule is C#CCC(C/C=C(\C)CC/C(C)=N\O)(C(=O)OC)C(=O)OC. The topological polar surface area (TPSA) is 85.2 Å². The summed E-state index contributed by atoms with van der Waals surface area (Å²) in [5, 5.41) is 11.7. The van der Waals surface area contributed by atoms with E-state index in [9.17, 15) is 9.59 Å². The minimum Gasteiger partial charge on any atom is -0.468 e. The molecule has 0 fully saturated rings. The quantitative estimate of drug-likeness (QED) is 0.141. The lowest BCUT2D eigenvalue weighted by atomic mass is 9.80. The van der Waals surface area contributed by atoms with Gasteiger partial charge in [0.05, 0.1) is 19.9 Å². The highest BCUT2D eigenvalue weighted by Crippen LogP contribution is 2.31. The lowest BCUT2D eigenvalue weighted by molar-refractivity contribution is -0.168. The van der Waals surface area contributed by atoms with Crippen LogP contribution in [0.5, 0.6) is 0 Å². The van der Waals surface area contributed by atoms with Crippen LogP contribution in [0.1, 0.15) is 39.5 Å². The standard InChI is InChI=1S/C16H23NO5/c1-6-10-16(14(18)21-4,15(19)22-5)11-9-12(2)7-8-13(3)17-20/h1,9,20H,7-8,10-11H2,2-5H3/b12-9+,17-13-. The van der Waals surface area contributed by atoms with Crippen molar-refractivity contribution in [2.24, 2.45) is 10.6 Å². The van der Waals surface area contributed by atoms with Gasteiger partial charge in [-0.25, -0.2) is 0 Å². The number of hydrogen-bond donors (Lipinski definition) is 1. The minimum atomic E-state index is -1.53. The van der Waals surface area contributed by atoms with Crippen molar-refractivity contribution >= 4 is 17.7 Å². The first-order chi connectivity index (χ1) is 10.4. The van der Waals surface area contributed by atoms with Gasteiger partial charge in [-0.1, -0.05) is 16.8 Å².